The topological polar surface area (TPSA) is 66.0 Å². The Morgan fingerprint density at radius 1 is 1.38 bits per heavy atom. The summed E-state index contributed by atoms with van der Waals surface area (Å²) in [5.41, 5.74) is 1.25. The maximum Gasteiger partial charge on any atom is 0.307 e. The molecule has 1 atom stereocenters. The van der Waals surface area contributed by atoms with Crippen molar-refractivity contribution >= 4 is 41.6 Å². The lowest BCUT2D eigenvalue weighted by atomic mass is 10.3. The van der Waals surface area contributed by atoms with E-state index in [0.29, 0.717) is 19.0 Å². The summed E-state index contributed by atoms with van der Waals surface area (Å²) >= 11 is 0. The molecule has 134 valence electrons. The van der Waals surface area contributed by atoms with Gasteiger partial charge in [-0.05, 0) is 25.5 Å². The van der Waals surface area contributed by atoms with Gasteiger partial charge in [-0.25, -0.2) is 0 Å². The van der Waals surface area contributed by atoms with Crippen molar-refractivity contribution in [2.45, 2.75) is 25.8 Å². The third kappa shape index (κ3) is 6.54. The molecule has 0 radical (unpaired) electrons. The molecule has 0 aliphatic carbocycles. The molecule has 1 heterocycles. The fourth-order valence-corrected chi connectivity index (χ4v) is 2.63. The van der Waals surface area contributed by atoms with Crippen molar-refractivity contribution in [1.82, 2.24) is 10.6 Å². The molecule has 0 saturated carbocycles. The van der Waals surface area contributed by atoms with E-state index in [1.165, 1.54) is 12.8 Å². The van der Waals surface area contributed by atoms with Gasteiger partial charge >= 0.3 is 5.97 Å². The summed E-state index contributed by atoms with van der Waals surface area (Å²) in [7, 11) is 1.40. The van der Waals surface area contributed by atoms with Crippen LogP contribution in [0.15, 0.2) is 35.3 Å². The standard InChI is InChI=1S/C17H26N4O2.HI/c1-3-18-17(19-11-9-16(22)23-2)20-14-10-12-21(13-14)15-7-5-4-6-8-15;/h4-8,14H,3,9-13H2,1-2H3,(H2,18,19,20);1H. The molecule has 0 amide bonds. The maximum absolute atomic E-state index is 11.2. The van der Waals surface area contributed by atoms with Gasteiger partial charge in [0.2, 0.25) is 0 Å². The van der Waals surface area contributed by atoms with Gasteiger partial charge in [-0.1, -0.05) is 18.2 Å². The molecule has 1 aromatic rings. The smallest absolute Gasteiger partial charge is 0.307 e. The van der Waals surface area contributed by atoms with Crippen LogP contribution in [-0.2, 0) is 9.53 Å². The first kappa shape index (κ1) is 20.5. The van der Waals surface area contributed by atoms with Crippen LogP contribution in [0.3, 0.4) is 0 Å². The number of nitrogens with one attached hydrogen (secondary N) is 2. The SMILES string of the molecule is CCNC(=NCCC(=O)OC)NC1CCN(c2ccccc2)C1.I. The van der Waals surface area contributed by atoms with E-state index in [0.717, 1.165) is 32.0 Å². The molecule has 1 saturated heterocycles. The van der Waals surface area contributed by atoms with Gasteiger partial charge in [-0.3, -0.25) is 9.79 Å². The number of para-hydroxylation sites is 1. The van der Waals surface area contributed by atoms with Crippen molar-refractivity contribution in [1.29, 1.82) is 0 Å². The van der Waals surface area contributed by atoms with Crippen molar-refractivity contribution < 1.29 is 9.53 Å². The summed E-state index contributed by atoms with van der Waals surface area (Å²) in [6, 6.07) is 10.8. The number of nitrogens with zero attached hydrogens (tertiary/aromatic N) is 2. The van der Waals surface area contributed by atoms with Crippen LogP contribution in [0.4, 0.5) is 5.69 Å². The van der Waals surface area contributed by atoms with E-state index in [2.05, 4.69) is 49.5 Å². The van der Waals surface area contributed by atoms with E-state index < -0.39 is 0 Å². The minimum Gasteiger partial charge on any atom is -0.469 e. The van der Waals surface area contributed by atoms with Gasteiger partial charge in [0.05, 0.1) is 20.1 Å². The second-order valence-electron chi connectivity index (χ2n) is 5.50. The molecule has 6 nitrogen and oxygen atoms in total. The number of guanidine groups is 1. The average molecular weight is 446 g/mol. The van der Waals surface area contributed by atoms with Crippen LogP contribution in [0.2, 0.25) is 0 Å². The lowest BCUT2D eigenvalue weighted by Gasteiger charge is -2.20. The zero-order valence-electron chi connectivity index (χ0n) is 14.3. The number of esters is 1. The maximum atomic E-state index is 11.2. The number of methoxy groups -OCH3 is 1. The third-order valence-corrected chi connectivity index (χ3v) is 3.81. The molecule has 0 bridgehead atoms. The Kier molecular flexibility index (Phi) is 9.51. The number of carbonyl (C=O) groups excluding carboxylic acids is 1. The highest BCUT2D eigenvalue weighted by atomic mass is 127. The Balaban J connectivity index is 0.00000288. The van der Waals surface area contributed by atoms with Gasteiger partial charge < -0.3 is 20.3 Å². The zero-order valence-corrected chi connectivity index (χ0v) is 16.7. The highest BCUT2D eigenvalue weighted by Gasteiger charge is 2.23. The third-order valence-electron chi connectivity index (χ3n) is 3.81. The monoisotopic (exact) mass is 446 g/mol. The zero-order chi connectivity index (χ0) is 16.5. The number of aliphatic imine (C=N–C) groups is 1. The van der Waals surface area contributed by atoms with Gasteiger partial charge in [-0.15, -0.1) is 24.0 Å². The summed E-state index contributed by atoms with van der Waals surface area (Å²) in [6.07, 6.45) is 1.37. The van der Waals surface area contributed by atoms with Crippen molar-refractivity contribution in [3.63, 3.8) is 0 Å². The van der Waals surface area contributed by atoms with Crippen LogP contribution < -0.4 is 15.5 Å². The Labute approximate surface area is 161 Å². The molecule has 0 aromatic heterocycles. The molecule has 7 heteroatoms. The number of anilines is 1. The molecule has 24 heavy (non-hydrogen) atoms. The Morgan fingerprint density at radius 3 is 2.79 bits per heavy atom. The van der Waals surface area contributed by atoms with Crippen LogP contribution in [0.25, 0.3) is 0 Å². The molecule has 1 aromatic carbocycles. The number of ether oxygens (including phenoxy) is 1. The number of carbonyl (C=O) groups is 1. The van der Waals surface area contributed by atoms with E-state index in [1.807, 2.05) is 13.0 Å². The first-order valence-corrected chi connectivity index (χ1v) is 8.14. The molecule has 1 aliphatic heterocycles. The van der Waals surface area contributed by atoms with Crippen molar-refractivity contribution in [2.24, 2.45) is 4.99 Å². The molecule has 1 fully saturated rings. The molecular formula is C17H27IN4O2. The van der Waals surface area contributed by atoms with E-state index in [9.17, 15) is 4.79 Å². The number of rotatable bonds is 6. The van der Waals surface area contributed by atoms with Crippen LogP contribution in [0.5, 0.6) is 0 Å². The van der Waals surface area contributed by atoms with Crippen LogP contribution in [0.1, 0.15) is 19.8 Å². The van der Waals surface area contributed by atoms with Gasteiger partial charge in [0.25, 0.3) is 0 Å². The van der Waals surface area contributed by atoms with Gasteiger partial charge in [0.1, 0.15) is 0 Å². The summed E-state index contributed by atoms with van der Waals surface area (Å²) in [6.45, 7) is 5.23. The van der Waals surface area contributed by atoms with Gasteiger partial charge in [-0.2, -0.15) is 0 Å². The first-order valence-electron chi connectivity index (χ1n) is 8.14. The second kappa shape index (κ2) is 11.1. The number of halogens is 1. The largest absolute Gasteiger partial charge is 0.469 e. The predicted octanol–water partition coefficient (Wildman–Crippen LogP) is 2.00. The Hall–Kier alpha value is -1.51. The summed E-state index contributed by atoms with van der Waals surface area (Å²) in [5.74, 6) is 0.525. The molecular weight excluding hydrogens is 419 g/mol. The number of hydrogen-bond acceptors (Lipinski definition) is 4. The number of hydrogen-bond donors (Lipinski definition) is 2. The predicted molar refractivity (Wildman–Crippen MR) is 108 cm³/mol. The Morgan fingerprint density at radius 2 is 2.12 bits per heavy atom. The normalized spacial score (nSPS) is 17.2. The van der Waals surface area contributed by atoms with Crippen molar-refractivity contribution in [3.05, 3.63) is 30.3 Å². The highest BCUT2D eigenvalue weighted by molar-refractivity contribution is 14.0. The van der Waals surface area contributed by atoms with Crippen LogP contribution in [0, 0.1) is 0 Å². The van der Waals surface area contributed by atoms with Gasteiger partial charge in [0.15, 0.2) is 5.96 Å². The van der Waals surface area contributed by atoms with Crippen LogP contribution >= 0.6 is 24.0 Å². The molecule has 2 rings (SSSR count). The van der Waals surface area contributed by atoms with Gasteiger partial charge in [0, 0.05) is 31.4 Å². The molecule has 1 unspecified atom stereocenters. The quantitative estimate of drug-likeness (QED) is 0.303. The van der Waals surface area contributed by atoms with E-state index >= 15 is 0 Å². The first-order chi connectivity index (χ1) is 11.2. The lowest BCUT2D eigenvalue weighted by molar-refractivity contribution is -0.140. The second-order valence-corrected chi connectivity index (χ2v) is 5.50. The average Bonchev–Trinajstić information content (AvgIpc) is 3.04. The fraction of sp³-hybridized carbons (Fsp3) is 0.529. The van der Waals surface area contributed by atoms with E-state index in [-0.39, 0.29) is 29.9 Å². The minimum atomic E-state index is -0.235. The molecule has 1 aliphatic rings. The van der Waals surface area contributed by atoms with Crippen molar-refractivity contribution in [3.8, 4) is 0 Å². The number of benzene rings is 1. The minimum absolute atomic E-state index is 0. The Bertz CT molecular complexity index is 525. The van der Waals surface area contributed by atoms with Crippen molar-refractivity contribution in [2.75, 3.05) is 38.2 Å². The van der Waals surface area contributed by atoms with E-state index in [1.54, 1.807) is 0 Å². The lowest BCUT2D eigenvalue weighted by Crippen LogP contribution is -2.44. The summed E-state index contributed by atoms with van der Waals surface area (Å²) in [5, 5.41) is 6.68. The van der Waals surface area contributed by atoms with Crippen LogP contribution in [-0.4, -0.2) is 51.3 Å². The fourth-order valence-electron chi connectivity index (χ4n) is 2.63. The van der Waals surface area contributed by atoms with E-state index in [4.69, 9.17) is 0 Å². The molecule has 0 spiro atoms. The summed E-state index contributed by atoms with van der Waals surface area (Å²) in [4.78, 5) is 18.0. The highest BCUT2D eigenvalue weighted by Crippen LogP contribution is 2.19. The molecule has 2 N–H and O–H groups in total. The summed E-state index contributed by atoms with van der Waals surface area (Å²) < 4.78 is 4.63.